The molecule has 0 spiro atoms. The van der Waals surface area contributed by atoms with E-state index in [1.807, 2.05) is 43.3 Å². The molecule has 1 aliphatic heterocycles. The van der Waals surface area contributed by atoms with E-state index in [9.17, 15) is 9.59 Å². The van der Waals surface area contributed by atoms with E-state index in [0.29, 0.717) is 30.3 Å². The molecule has 1 atom stereocenters. The van der Waals surface area contributed by atoms with Gasteiger partial charge in [-0.15, -0.1) is 0 Å². The number of benzene rings is 2. The van der Waals surface area contributed by atoms with Crippen molar-refractivity contribution < 1.29 is 14.3 Å². The Labute approximate surface area is 172 Å². The van der Waals surface area contributed by atoms with Crippen molar-refractivity contribution in [3.63, 3.8) is 0 Å². The van der Waals surface area contributed by atoms with Crippen LogP contribution < -0.4 is 15.0 Å². The lowest BCUT2D eigenvalue weighted by molar-refractivity contribution is -0.120. The number of carbonyl (C=O) groups is 2. The Balaban J connectivity index is 1.59. The monoisotopic (exact) mass is 395 g/mol. The van der Waals surface area contributed by atoms with Gasteiger partial charge in [-0.25, -0.2) is 0 Å². The van der Waals surface area contributed by atoms with Crippen LogP contribution in [0.4, 0.5) is 11.4 Å². The van der Waals surface area contributed by atoms with Gasteiger partial charge in [0.25, 0.3) is 5.91 Å². The minimum atomic E-state index is -0.182. The second kappa shape index (κ2) is 9.09. The zero-order valence-corrected chi connectivity index (χ0v) is 17.5. The minimum Gasteiger partial charge on any atom is -0.493 e. The molecule has 0 aromatic heterocycles. The summed E-state index contributed by atoms with van der Waals surface area (Å²) in [5.41, 5.74) is 2.10. The number of amides is 2. The molecule has 0 radical (unpaired) electrons. The summed E-state index contributed by atoms with van der Waals surface area (Å²) in [7, 11) is 3.85. The number of hydrogen-bond donors (Lipinski definition) is 1. The number of hydrogen-bond acceptors (Lipinski definition) is 4. The van der Waals surface area contributed by atoms with Gasteiger partial charge in [-0.2, -0.15) is 0 Å². The first-order chi connectivity index (χ1) is 13.8. The molecule has 1 N–H and O–H groups in total. The Morgan fingerprint density at radius 3 is 2.34 bits per heavy atom. The molecule has 2 amide bonds. The molecule has 1 aliphatic rings. The second-order valence-corrected chi connectivity index (χ2v) is 7.99. The highest BCUT2D eigenvalue weighted by Crippen LogP contribution is 2.25. The van der Waals surface area contributed by atoms with E-state index < -0.39 is 0 Å². The first-order valence-corrected chi connectivity index (χ1v) is 9.97. The van der Waals surface area contributed by atoms with E-state index in [1.54, 1.807) is 29.2 Å². The summed E-state index contributed by atoms with van der Waals surface area (Å²) >= 11 is 0. The van der Waals surface area contributed by atoms with Gasteiger partial charge < -0.3 is 15.0 Å². The van der Waals surface area contributed by atoms with Crippen LogP contribution in [0.3, 0.4) is 0 Å². The topological polar surface area (TPSA) is 61.9 Å². The van der Waals surface area contributed by atoms with Crippen molar-refractivity contribution in [3.8, 4) is 5.75 Å². The van der Waals surface area contributed by atoms with Crippen molar-refractivity contribution in [3.05, 3.63) is 54.1 Å². The molecule has 154 valence electrons. The predicted molar refractivity (Wildman–Crippen MR) is 116 cm³/mol. The van der Waals surface area contributed by atoms with E-state index in [0.717, 1.165) is 17.9 Å². The van der Waals surface area contributed by atoms with Gasteiger partial charge in [-0.1, -0.05) is 13.8 Å². The van der Waals surface area contributed by atoms with Crippen LogP contribution in [0.2, 0.25) is 0 Å². The van der Waals surface area contributed by atoms with E-state index >= 15 is 0 Å². The number of carbonyl (C=O) groups excluding carboxylic acids is 2. The molecule has 29 heavy (non-hydrogen) atoms. The molecule has 1 unspecified atom stereocenters. The molecular weight excluding hydrogens is 366 g/mol. The third kappa shape index (κ3) is 5.15. The minimum absolute atomic E-state index is 0.0677. The molecule has 2 aromatic carbocycles. The van der Waals surface area contributed by atoms with Crippen molar-refractivity contribution in [2.24, 2.45) is 5.92 Å². The number of rotatable bonds is 7. The molecule has 3 rings (SSSR count). The summed E-state index contributed by atoms with van der Waals surface area (Å²) < 4.78 is 5.65. The molecule has 1 heterocycles. The Kier molecular flexibility index (Phi) is 6.54. The van der Waals surface area contributed by atoms with Gasteiger partial charge in [-0.3, -0.25) is 14.5 Å². The summed E-state index contributed by atoms with van der Waals surface area (Å²) in [6.45, 7) is 5.53. The zero-order chi connectivity index (χ0) is 21.0. The summed E-state index contributed by atoms with van der Waals surface area (Å²) in [4.78, 5) is 28.7. The number of ether oxygens (including phenoxy) is 1. The van der Waals surface area contributed by atoms with Crippen LogP contribution in [0.25, 0.3) is 0 Å². The maximum Gasteiger partial charge on any atom is 0.255 e. The average Bonchev–Trinajstić information content (AvgIpc) is 3.09. The summed E-state index contributed by atoms with van der Waals surface area (Å²) in [6.07, 6.45) is 0.821. The van der Waals surface area contributed by atoms with Crippen LogP contribution in [0.15, 0.2) is 48.5 Å². The first-order valence-electron chi connectivity index (χ1n) is 9.97. The molecule has 0 bridgehead atoms. The highest BCUT2D eigenvalue weighted by Gasteiger charge is 2.33. The smallest absolute Gasteiger partial charge is 0.255 e. The molecule has 6 nitrogen and oxygen atoms in total. The molecule has 0 aliphatic carbocycles. The highest BCUT2D eigenvalue weighted by molar-refractivity contribution is 6.04. The van der Waals surface area contributed by atoms with E-state index in [4.69, 9.17) is 4.74 Å². The van der Waals surface area contributed by atoms with Crippen molar-refractivity contribution in [2.75, 3.05) is 37.5 Å². The van der Waals surface area contributed by atoms with Gasteiger partial charge in [0, 0.05) is 23.5 Å². The van der Waals surface area contributed by atoms with E-state index in [1.165, 1.54) is 0 Å². The van der Waals surface area contributed by atoms with Crippen LogP contribution in [-0.2, 0) is 4.79 Å². The number of nitrogens with one attached hydrogen (secondary N) is 1. The lowest BCUT2D eigenvalue weighted by Gasteiger charge is -2.20. The quantitative estimate of drug-likeness (QED) is 0.778. The first kappa shape index (κ1) is 20.9. The fraction of sp³-hybridized carbons (Fsp3) is 0.391. The standard InChI is InChI=1S/C23H29N3O3/c1-16(2)15-29-20-11-5-17(6-12-20)22(27)24-18-7-9-19(10-8-18)26-14-13-21(23(26)28)25(3)4/h5-12,16,21H,13-15H2,1-4H3,(H,24,27). The van der Waals surface area contributed by atoms with Crippen molar-refractivity contribution in [1.29, 1.82) is 0 Å². The fourth-order valence-corrected chi connectivity index (χ4v) is 3.29. The molecular formula is C23H29N3O3. The molecule has 6 heteroatoms. The third-order valence-corrected chi connectivity index (χ3v) is 4.94. The number of likely N-dealkylation sites (N-methyl/N-ethyl adjacent to an activating group) is 1. The Hall–Kier alpha value is -2.86. The third-order valence-electron chi connectivity index (χ3n) is 4.94. The lowest BCUT2D eigenvalue weighted by Crippen LogP contribution is -2.37. The van der Waals surface area contributed by atoms with E-state index in [2.05, 4.69) is 19.2 Å². The maximum atomic E-state index is 12.5. The van der Waals surface area contributed by atoms with Gasteiger partial charge in [-0.05, 0) is 75.0 Å². The number of nitrogens with zero attached hydrogens (tertiary/aromatic N) is 2. The van der Waals surface area contributed by atoms with Crippen LogP contribution in [-0.4, -0.2) is 50.0 Å². The van der Waals surface area contributed by atoms with Gasteiger partial charge in [0.05, 0.1) is 12.6 Å². The summed E-state index contributed by atoms with van der Waals surface area (Å²) in [5, 5.41) is 2.89. The molecule has 0 saturated carbocycles. The Bertz CT molecular complexity index is 845. The average molecular weight is 396 g/mol. The Morgan fingerprint density at radius 1 is 1.14 bits per heavy atom. The number of anilines is 2. The molecule has 1 saturated heterocycles. The lowest BCUT2D eigenvalue weighted by atomic mass is 10.2. The van der Waals surface area contributed by atoms with Crippen LogP contribution in [0.5, 0.6) is 5.75 Å². The van der Waals surface area contributed by atoms with Crippen LogP contribution >= 0.6 is 0 Å². The maximum absolute atomic E-state index is 12.5. The van der Waals surface area contributed by atoms with Gasteiger partial charge in [0.15, 0.2) is 0 Å². The second-order valence-electron chi connectivity index (χ2n) is 7.99. The SMILES string of the molecule is CC(C)COc1ccc(C(=O)Nc2ccc(N3CCC(N(C)C)C3=O)cc2)cc1. The zero-order valence-electron chi connectivity index (χ0n) is 17.5. The van der Waals surface area contributed by atoms with Crippen molar-refractivity contribution in [2.45, 2.75) is 26.3 Å². The highest BCUT2D eigenvalue weighted by atomic mass is 16.5. The van der Waals surface area contributed by atoms with Crippen molar-refractivity contribution in [1.82, 2.24) is 4.90 Å². The fourth-order valence-electron chi connectivity index (χ4n) is 3.29. The van der Waals surface area contributed by atoms with Gasteiger partial charge in [0.2, 0.25) is 5.91 Å². The summed E-state index contributed by atoms with van der Waals surface area (Å²) in [5.74, 6) is 1.14. The van der Waals surface area contributed by atoms with Crippen molar-refractivity contribution >= 4 is 23.2 Å². The largest absolute Gasteiger partial charge is 0.493 e. The predicted octanol–water partition coefficient (Wildman–Crippen LogP) is 3.64. The van der Waals surface area contributed by atoms with E-state index in [-0.39, 0.29) is 17.9 Å². The van der Waals surface area contributed by atoms with Crippen LogP contribution in [0, 0.1) is 5.92 Å². The van der Waals surface area contributed by atoms with Gasteiger partial charge >= 0.3 is 0 Å². The normalized spacial score (nSPS) is 16.6. The molecule has 1 fully saturated rings. The Morgan fingerprint density at radius 2 is 1.79 bits per heavy atom. The van der Waals surface area contributed by atoms with Crippen LogP contribution in [0.1, 0.15) is 30.6 Å². The van der Waals surface area contributed by atoms with Gasteiger partial charge in [0.1, 0.15) is 5.75 Å². The molecule has 2 aromatic rings. The summed E-state index contributed by atoms with van der Waals surface area (Å²) in [6, 6.07) is 14.4.